The van der Waals surface area contributed by atoms with Crippen molar-refractivity contribution in [3.63, 3.8) is 0 Å². The molecule has 0 saturated carbocycles. The molecule has 0 atom stereocenters. The molecule has 0 aromatic heterocycles. The van der Waals surface area contributed by atoms with Gasteiger partial charge in [0.05, 0.1) is 7.11 Å². The summed E-state index contributed by atoms with van der Waals surface area (Å²) >= 11 is 5.92. The number of ether oxygens (including phenoxy) is 2. The number of methoxy groups -OCH3 is 1. The Bertz CT molecular complexity index is 399. The van der Waals surface area contributed by atoms with Crippen molar-refractivity contribution in [2.45, 2.75) is 13.5 Å². The third-order valence-corrected chi connectivity index (χ3v) is 2.48. The molecule has 18 heavy (non-hydrogen) atoms. The van der Waals surface area contributed by atoms with Gasteiger partial charge in [-0.1, -0.05) is 11.6 Å². The van der Waals surface area contributed by atoms with Gasteiger partial charge in [-0.25, -0.2) is 0 Å². The van der Waals surface area contributed by atoms with Crippen LogP contribution in [0.1, 0.15) is 12.5 Å². The predicted octanol–water partition coefficient (Wildman–Crippen LogP) is 1.32. The van der Waals surface area contributed by atoms with Crippen molar-refractivity contribution < 1.29 is 14.3 Å². The van der Waals surface area contributed by atoms with Crippen LogP contribution in [0.3, 0.4) is 0 Å². The third-order valence-electron chi connectivity index (χ3n) is 2.26. The predicted molar refractivity (Wildman–Crippen MR) is 70.1 cm³/mol. The van der Waals surface area contributed by atoms with E-state index < -0.39 is 0 Å². The molecule has 6 heteroatoms. The minimum absolute atomic E-state index is 0.0845. The van der Waals surface area contributed by atoms with Crippen molar-refractivity contribution in [1.29, 1.82) is 0 Å². The summed E-state index contributed by atoms with van der Waals surface area (Å²) < 4.78 is 10.6. The molecule has 3 N–H and O–H groups in total. The summed E-state index contributed by atoms with van der Waals surface area (Å²) in [6.07, 6.45) is 0. The van der Waals surface area contributed by atoms with Crippen molar-refractivity contribution in [1.82, 2.24) is 5.32 Å². The molecule has 0 saturated heterocycles. The molecule has 100 valence electrons. The van der Waals surface area contributed by atoms with E-state index in [1.54, 1.807) is 12.1 Å². The first kappa shape index (κ1) is 14.6. The summed E-state index contributed by atoms with van der Waals surface area (Å²) in [7, 11) is 1.50. The molecule has 1 aromatic carbocycles. The molecule has 0 heterocycles. The average molecular weight is 273 g/mol. The van der Waals surface area contributed by atoms with Gasteiger partial charge in [-0.2, -0.15) is 0 Å². The van der Waals surface area contributed by atoms with Crippen LogP contribution in [-0.2, 0) is 11.3 Å². The van der Waals surface area contributed by atoms with Gasteiger partial charge in [0.15, 0.2) is 18.1 Å². The van der Waals surface area contributed by atoms with E-state index in [1.807, 2.05) is 6.92 Å². The summed E-state index contributed by atoms with van der Waals surface area (Å²) in [5.74, 6) is 0.723. The first-order chi connectivity index (χ1) is 8.62. The molecular weight excluding hydrogens is 256 g/mol. The van der Waals surface area contributed by atoms with E-state index in [-0.39, 0.29) is 19.1 Å². The summed E-state index contributed by atoms with van der Waals surface area (Å²) in [6, 6.07) is 3.31. The second kappa shape index (κ2) is 7.08. The number of carbonyl (C=O) groups excluding carboxylic acids is 1. The topological polar surface area (TPSA) is 73.6 Å². The van der Waals surface area contributed by atoms with E-state index in [9.17, 15) is 4.79 Å². The Balaban J connectivity index is 2.88. The van der Waals surface area contributed by atoms with Gasteiger partial charge in [0.1, 0.15) is 0 Å². The molecule has 0 aliphatic heterocycles. The monoisotopic (exact) mass is 272 g/mol. The normalized spacial score (nSPS) is 10.0. The van der Waals surface area contributed by atoms with Crippen LogP contribution in [0.25, 0.3) is 0 Å². The van der Waals surface area contributed by atoms with Gasteiger partial charge in [0.25, 0.3) is 5.91 Å². The molecule has 1 rings (SSSR count). The van der Waals surface area contributed by atoms with Crippen LogP contribution >= 0.6 is 11.6 Å². The fourth-order valence-electron chi connectivity index (χ4n) is 1.48. The van der Waals surface area contributed by atoms with Crippen molar-refractivity contribution in [2.24, 2.45) is 5.73 Å². The lowest BCUT2D eigenvalue weighted by Crippen LogP contribution is -2.28. The van der Waals surface area contributed by atoms with Gasteiger partial charge >= 0.3 is 0 Å². The van der Waals surface area contributed by atoms with Gasteiger partial charge in [-0.3, -0.25) is 4.79 Å². The maximum absolute atomic E-state index is 11.3. The summed E-state index contributed by atoms with van der Waals surface area (Å²) in [6.45, 7) is 2.57. The molecule has 5 nitrogen and oxygen atoms in total. The number of benzene rings is 1. The minimum atomic E-state index is -0.197. The Kier molecular flexibility index (Phi) is 5.74. The van der Waals surface area contributed by atoms with E-state index in [2.05, 4.69) is 5.32 Å². The number of hydrogen-bond acceptors (Lipinski definition) is 4. The zero-order chi connectivity index (χ0) is 13.5. The molecule has 0 unspecified atom stereocenters. The fourth-order valence-corrected chi connectivity index (χ4v) is 1.71. The Morgan fingerprint density at radius 1 is 1.50 bits per heavy atom. The summed E-state index contributed by atoms with van der Waals surface area (Å²) in [5.41, 5.74) is 6.31. The molecule has 0 spiro atoms. The van der Waals surface area contributed by atoms with Crippen molar-refractivity contribution in [3.8, 4) is 11.5 Å². The first-order valence-electron chi connectivity index (χ1n) is 5.58. The number of hydrogen-bond donors (Lipinski definition) is 2. The Morgan fingerprint density at radius 3 is 2.78 bits per heavy atom. The van der Waals surface area contributed by atoms with Crippen LogP contribution in [0.15, 0.2) is 12.1 Å². The molecule has 0 fully saturated rings. The van der Waals surface area contributed by atoms with E-state index >= 15 is 0 Å². The number of halogens is 1. The van der Waals surface area contributed by atoms with Crippen LogP contribution < -0.4 is 20.5 Å². The molecule has 0 aliphatic carbocycles. The van der Waals surface area contributed by atoms with E-state index in [4.69, 9.17) is 26.8 Å². The Morgan fingerprint density at radius 2 is 2.22 bits per heavy atom. The molecule has 1 amide bonds. The van der Waals surface area contributed by atoms with Crippen LogP contribution in [0.4, 0.5) is 0 Å². The molecular formula is C12H17ClN2O3. The van der Waals surface area contributed by atoms with Crippen molar-refractivity contribution in [3.05, 3.63) is 22.7 Å². The highest BCUT2D eigenvalue weighted by molar-refractivity contribution is 6.30. The Hall–Kier alpha value is -1.46. The van der Waals surface area contributed by atoms with Crippen LogP contribution in [0, 0.1) is 0 Å². The lowest BCUT2D eigenvalue weighted by molar-refractivity contribution is -0.123. The third kappa shape index (κ3) is 3.78. The smallest absolute Gasteiger partial charge is 0.257 e. The largest absolute Gasteiger partial charge is 0.493 e. The van der Waals surface area contributed by atoms with Gasteiger partial charge in [0.2, 0.25) is 0 Å². The molecule has 0 bridgehead atoms. The highest BCUT2D eigenvalue weighted by Gasteiger charge is 2.13. The SMILES string of the molecule is CCNC(=O)COc1c(CN)cc(Cl)cc1OC. The molecule has 0 radical (unpaired) electrons. The van der Waals surface area contributed by atoms with Gasteiger partial charge in [-0.15, -0.1) is 0 Å². The van der Waals surface area contributed by atoms with Crippen LogP contribution in [-0.4, -0.2) is 26.2 Å². The molecule has 1 aromatic rings. The van der Waals surface area contributed by atoms with E-state index in [1.165, 1.54) is 7.11 Å². The number of nitrogens with one attached hydrogen (secondary N) is 1. The van der Waals surface area contributed by atoms with Crippen LogP contribution in [0.5, 0.6) is 11.5 Å². The minimum Gasteiger partial charge on any atom is -0.493 e. The maximum atomic E-state index is 11.3. The standard InChI is InChI=1S/C12H17ClN2O3/c1-3-15-11(16)7-18-12-8(6-14)4-9(13)5-10(12)17-2/h4-5H,3,6-7,14H2,1-2H3,(H,15,16). The fraction of sp³-hybridized carbons (Fsp3) is 0.417. The highest BCUT2D eigenvalue weighted by Crippen LogP contribution is 2.34. The number of likely N-dealkylation sites (N-methyl/N-ethyl adjacent to an activating group) is 1. The van der Waals surface area contributed by atoms with Crippen LogP contribution in [0.2, 0.25) is 5.02 Å². The zero-order valence-corrected chi connectivity index (χ0v) is 11.2. The Labute approximate surface area is 111 Å². The lowest BCUT2D eigenvalue weighted by Gasteiger charge is -2.14. The van der Waals surface area contributed by atoms with Crippen molar-refractivity contribution >= 4 is 17.5 Å². The van der Waals surface area contributed by atoms with Gasteiger partial charge in [0, 0.05) is 29.7 Å². The number of nitrogens with two attached hydrogens (primary N) is 1. The average Bonchev–Trinajstić information content (AvgIpc) is 2.36. The molecule has 0 aliphatic rings. The maximum Gasteiger partial charge on any atom is 0.257 e. The highest BCUT2D eigenvalue weighted by atomic mass is 35.5. The van der Waals surface area contributed by atoms with E-state index in [0.29, 0.717) is 28.6 Å². The first-order valence-corrected chi connectivity index (χ1v) is 5.96. The summed E-state index contributed by atoms with van der Waals surface area (Å²) in [4.78, 5) is 11.3. The summed E-state index contributed by atoms with van der Waals surface area (Å²) in [5, 5.41) is 3.15. The number of rotatable bonds is 6. The second-order valence-electron chi connectivity index (χ2n) is 3.54. The quantitative estimate of drug-likeness (QED) is 0.819. The lowest BCUT2D eigenvalue weighted by atomic mass is 10.2. The second-order valence-corrected chi connectivity index (χ2v) is 3.98. The van der Waals surface area contributed by atoms with Gasteiger partial charge in [-0.05, 0) is 13.0 Å². The number of amides is 1. The van der Waals surface area contributed by atoms with Crippen molar-refractivity contribution in [2.75, 3.05) is 20.3 Å². The van der Waals surface area contributed by atoms with Gasteiger partial charge < -0.3 is 20.5 Å². The number of carbonyl (C=O) groups is 1. The van der Waals surface area contributed by atoms with E-state index in [0.717, 1.165) is 0 Å². The zero-order valence-electron chi connectivity index (χ0n) is 10.5.